The molecule has 0 aromatic heterocycles. The number of nitrogens with zero attached hydrogens (tertiary/aromatic N) is 1. The molecule has 0 amide bonds. The lowest BCUT2D eigenvalue weighted by Crippen LogP contribution is -2.31. The maximum Gasteiger partial charge on any atom is 0.142 e. The minimum atomic E-state index is 0.639. The highest BCUT2D eigenvalue weighted by molar-refractivity contribution is 6.31. The van der Waals surface area contributed by atoms with E-state index >= 15 is 0 Å². The van der Waals surface area contributed by atoms with Crippen molar-refractivity contribution in [3.05, 3.63) is 34.3 Å². The van der Waals surface area contributed by atoms with Crippen LogP contribution in [0.15, 0.2) is 23.2 Å². The molecule has 0 fully saturated rings. The van der Waals surface area contributed by atoms with E-state index in [-0.39, 0.29) is 0 Å². The topological polar surface area (TPSA) is 50.4 Å². The molecule has 1 rings (SSSR count). The summed E-state index contributed by atoms with van der Waals surface area (Å²) in [6.07, 6.45) is 0. The quantitative estimate of drug-likeness (QED) is 0.310. The van der Waals surface area contributed by atoms with Crippen molar-refractivity contribution in [2.24, 2.45) is 10.8 Å². The third kappa shape index (κ3) is 2.20. The molecule has 0 aliphatic heterocycles. The minimum Gasteiger partial charge on any atom is -0.308 e. The van der Waals surface area contributed by atoms with E-state index in [1.165, 1.54) is 0 Å². The highest BCUT2D eigenvalue weighted by atomic mass is 35.5. The Morgan fingerprint density at radius 1 is 1.54 bits per heavy atom. The summed E-state index contributed by atoms with van der Waals surface area (Å²) in [6.45, 7) is 1.98. The normalized spacial score (nSPS) is 11.5. The van der Waals surface area contributed by atoms with Gasteiger partial charge in [0, 0.05) is 17.6 Å². The molecule has 4 heteroatoms. The smallest absolute Gasteiger partial charge is 0.142 e. The summed E-state index contributed by atoms with van der Waals surface area (Å²) in [5.41, 5.74) is 4.54. The lowest BCUT2D eigenvalue weighted by atomic mass is 10.1. The second-order valence-electron chi connectivity index (χ2n) is 2.68. The van der Waals surface area contributed by atoms with Gasteiger partial charge in [0.15, 0.2) is 0 Å². The third-order valence-electron chi connectivity index (χ3n) is 1.82. The molecule has 0 aliphatic rings. The van der Waals surface area contributed by atoms with E-state index in [2.05, 4.69) is 10.4 Å². The van der Waals surface area contributed by atoms with Crippen molar-refractivity contribution in [2.75, 3.05) is 7.05 Å². The Bertz CT molecular complexity index is 334. The molecular formula is C9H12ClN3. The predicted molar refractivity (Wildman–Crippen MR) is 56.0 cm³/mol. The largest absolute Gasteiger partial charge is 0.308 e. The van der Waals surface area contributed by atoms with Crippen LogP contribution in [0.5, 0.6) is 0 Å². The van der Waals surface area contributed by atoms with Crippen molar-refractivity contribution >= 4 is 17.4 Å². The van der Waals surface area contributed by atoms with Crippen LogP contribution in [-0.4, -0.2) is 12.9 Å². The first-order valence-electron chi connectivity index (χ1n) is 3.89. The van der Waals surface area contributed by atoms with Crippen molar-refractivity contribution in [1.82, 2.24) is 5.43 Å². The molecule has 0 spiro atoms. The first kappa shape index (κ1) is 10.0. The Morgan fingerprint density at radius 3 is 2.77 bits per heavy atom. The van der Waals surface area contributed by atoms with Gasteiger partial charge in [-0.1, -0.05) is 17.7 Å². The zero-order chi connectivity index (χ0) is 9.84. The molecule has 1 aromatic rings. The van der Waals surface area contributed by atoms with E-state index in [4.69, 9.17) is 17.4 Å². The van der Waals surface area contributed by atoms with Crippen molar-refractivity contribution in [3.8, 4) is 0 Å². The Kier molecular flexibility index (Phi) is 3.28. The first-order chi connectivity index (χ1) is 6.19. The fourth-order valence-electron chi connectivity index (χ4n) is 1.11. The number of amidine groups is 1. The molecule has 70 valence electrons. The number of halogens is 1. The average Bonchev–Trinajstić information content (AvgIpc) is 2.13. The van der Waals surface area contributed by atoms with Crippen LogP contribution in [0.2, 0.25) is 5.02 Å². The molecule has 0 saturated carbocycles. The molecule has 0 unspecified atom stereocenters. The van der Waals surface area contributed by atoms with Gasteiger partial charge in [-0.15, -0.1) is 0 Å². The van der Waals surface area contributed by atoms with E-state index in [9.17, 15) is 0 Å². The van der Waals surface area contributed by atoms with Gasteiger partial charge in [-0.25, -0.2) is 5.84 Å². The van der Waals surface area contributed by atoms with Crippen LogP contribution in [0.1, 0.15) is 11.1 Å². The number of nitrogens with two attached hydrogens (primary N) is 1. The van der Waals surface area contributed by atoms with Crippen LogP contribution in [0.3, 0.4) is 0 Å². The first-order valence-corrected chi connectivity index (χ1v) is 4.26. The number of hydrogen-bond donors (Lipinski definition) is 2. The van der Waals surface area contributed by atoms with Crippen LogP contribution in [0.4, 0.5) is 0 Å². The highest BCUT2D eigenvalue weighted by Crippen LogP contribution is 2.15. The van der Waals surface area contributed by atoms with E-state index in [0.29, 0.717) is 10.9 Å². The molecule has 13 heavy (non-hydrogen) atoms. The zero-order valence-electron chi connectivity index (χ0n) is 7.63. The maximum atomic E-state index is 5.85. The van der Waals surface area contributed by atoms with Gasteiger partial charge in [-0.05, 0) is 24.6 Å². The summed E-state index contributed by atoms with van der Waals surface area (Å²) in [6, 6.07) is 5.60. The van der Waals surface area contributed by atoms with Gasteiger partial charge >= 0.3 is 0 Å². The SMILES string of the molecule is CN=C(NN)c1cc(Cl)ccc1C. The van der Waals surface area contributed by atoms with E-state index in [1.54, 1.807) is 7.05 Å². The van der Waals surface area contributed by atoms with Crippen molar-refractivity contribution in [3.63, 3.8) is 0 Å². The lowest BCUT2D eigenvalue weighted by Gasteiger charge is -2.08. The van der Waals surface area contributed by atoms with Crippen LogP contribution >= 0.6 is 11.6 Å². The van der Waals surface area contributed by atoms with Gasteiger partial charge in [-0.2, -0.15) is 0 Å². The monoisotopic (exact) mass is 197 g/mol. The van der Waals surface area contributed by atoms with Crippen molar-refractivity contribution in [2.45, 2.75) is 6.92 Å². The molecule has 3 N–H and O–H groups in total. The predicted octanol–water partition coefficient (Wildman–Crippen LogP) is 1.49. The summed E-state index contributed by atoms with van der Waals surface area (Å²) in [5.74, 6) is 5.95. The van der Waals surface area contributed by atoms with Crippen LogP contribution in [0.25, 0.3) is 0 Å². The molecule has 0 bridgehead atoms. The van der Waals surface area contributed by atoms with Gasteiger partial charge in [0.2, 0.25) is 0 Å². The molecular weight excluding hydrogens is 186 g/mol. The molecule has 3 nitrogen and oxygen atoms in total. The number of nitrogens with one attached hydrogen (secondary N) is 1. The summed E-state index contributed by atoms with van der Waals surface area (Å²) >= 11 is 5.85. The van der Waals surface area contributed by atoms with Gasteiger partial charge in [0.05, 0.1) is 0 Å². The Balaban J connectivity index is 3.19. The van der Waals surface area contributed by atoms with Gasteiger partial charge in [0.1, 0.15) is 5.84 Å². The summed E-state index contributed by atoms with van der Waals surface area (Å²) < 4.78 is 0. The molecule has 0 radical (unpaired) electrons. The number of aryl methyl sites for hydroxylation is 1. The van der Waals surface area contributed by atoms with Gasteiger partial charge < -0.3 is 5.43 Å². The number of benzene rings is 1. The lowest BCUT2D eigenvalue weighted by molar-refractivity contribution is 1.02. The second-order valence-corrected chi connectivity index (χ2v) is 3.11. The minimum absolute atomic E-state index is 0.639. The zero-order valence-corrected chi connectivity index (χ0v) is 8.39. The fraction of sp³-hybridized carbons (Fsp3) is 0.222. The van der Waals surface area contributed by atoms with E-state index in [0.717, 1.165) is 11.1 Å². The van der Waals surface area contributed by atoms with E-state index in [1.807, 2.05) is 25.1 Å². The summed E-state index contributed by atoms with van der Waals surface area (Å²) in [7, 11) is 1.68. The van der Waals surface area contributed by atoms with Gasteiger partial charge in [0.25, 0.3) is 0 Å². The number of hydrogen-bond acceptors (Lipinski definition) is 2. The standard InChI is InChI=1S/C9H12ClN3/c1-6-3-4-7(10)5-8(6)9(12-2)13-11/h3-5H,11H2,1-2H3,(H,12,13). The number of aliphatic imine (C=N–C) groups is 1. The van der Waals surface area contributed by atoms with Crippen LogP contribution in [0, 0.1) is 6.92 Å². The molecule has 0 heterocycles. The summed E-state index contributed by atoms with van der Waals surface area (Å²) in [4.78, 5) is 4.00. The van der Waals surface area contributed by atoms with Crippen LogP contribution in [-0.2, 0) is 0 Å². The Labute approximate surface area is 82.6 Å². The average molecular weight is 198 g/mol. The van der Waals surface area contributed by atoms with E-state index < -0.39 is 0 Å². The fourth-order valence-corrected chi connectivity index (χ4v) is 1.28. The second kappa shape index (κ2) is 4.25. The molecule has 0 atom stereocenters. The van der Waals surface area contributed by atoms with Crippen molar-refractivity contribution in [1.29, 1.82) is 0 Å². The Morgan fingerprint density at radius 2 is 2.23 bits per heavy atom. The molecule has 1 aromatic carbocycles. The number of hydrazine groups is 1. The maximum absolute atomic E-state index is 5.85. The highest BCUT2D eigenvalue weighted by Gasteiger charge is 2.04. The summed E-state index contributed by atoms with van der Waals surface area (Å²) in [5, 5.41) is 0.678. The van der Waals surface area contributed by atoms with Crippen molar-refractivity contribution < 1.29 is 0 Å². The third-order valence-corrected chi connectivity index (χ3v) is 2.05. The Hall–Kier alpha value is -1.06. The molecule has 0 aliphatic carbocycles. The molecule has 0 saturated heterocycles. The van der Waals surface area contributed by atoms with Gasteiger partial charge in [-0.3, -0.25) is 4.99 Å². The van der Waals surface area contributed by atoms with Crippen LogP contribution < -0.4 is 11.3 Å². The number of rotatable bonds is 1.